The van der Waals surface area contributed by atoms with Gasteiger partial charge in [0.05, 0.1) is 31.3 Å². The molecule has 0 bridgehead atoms. The minimum absolute atomic E-state index is 0.0973. The van der Waals surface area contributed by atoms with Crippen molar-refractivity contribution >= 4 is 17.8 Å². The zero-order valence-corrected chi connectivity index (χ0v) is 20.1. The fourth-order valence-electron chi connectivity index (χ4n) is 6.06. The molecule has 1 N–H and O–H groups in total. The molecule has 1 aromatic carbocycles. The Bertz CT molecular complexity index is 1050. The van der Waals surface area contributed by atoms with Gasteiger partial charge in [-0.15, -0.1) is 0 Å². The normalized spacial score (nSPS) is 33.1. The molecule has 2 saturated heterocycles. The average molecular weight is 481 g/mol. The maximum atomic E-state index is 14.2. The Morgan fingerprint density at radius 3 is 2.60 bits per heavy atom. The van der Waals surface area contributed by atoms with E-state index < -0.39 is 41.6 Å². The maximum absolute atomic E-state index is 14.2. The third-order valence-electron chi connectivity index (χ3n) is 7.63. The number of likely N-dealkylation sites (tertiary alicyclic amines) is 1. The van der Waals surface area contributed by atoms with Crippen LogP contribution >= 0.6 is 0 Å². The fourth-order valence-corrected chi connectivity index (χ4v) is 6.06. The molecule has 8 heteroatoms. The van der Waals surface area contributed by atoms with Crippen molar-refractivity contribution in [3.05, 3.63) is 60.2 Å². The Kier molecular flexibility index (Phi) is 6.27. The number of carbonyl (C=O) groups excluding carboxylic acids is 3. The highest BCUT2D eigenvalue weighted by Gasteiger charge is 2.72. The number of rotatable bonds is 5. The van der Waals surface area contributed by atoms with Crippen molar-refractivity contribution in [3.63, 3.8) is 0 Å². The monoisotopic (exact) mass is 480 g/mol. The summed E-state index contributed by atoms with van der Waals surface area (Å²) >= 11 is 0. The number of nitrogens with zero attached hydrogens (tertiary/aromatic N) is 2. The van der Waals surface area contributed by atoms with E-state index in [1.807, 2.05) is 68.5 Å². The molecule has 2 amide bonds. The molecule has 0 aliphatic carbocycles. The Morgan fingerprint density at radius 1 is 1.11 bits per heavy atom. The number of aliphatic hydroxyl groups is 1. The third-order valence-corrected chi connectivity index (χ3v) is 7.63. The molecule has 0 saturated carbocycles. The molecule has 4 heterocycles. The summed E-state index contributed by atoms with van der Waals surface area (Å²) in [5.74, 6) is -2.84. The van der Waals surface area contributed by atoms with E-state index in [1.54, 1.807) is 4.90 Å². The van der Waals surface area contributed by atoms with E-state index in [9.17, 15) is 19.5 Å². The highest BCUT2D eigenvalue weighted by Crippen LogP contribution is 2.53. The molecule has 1 unspecified atom stereocenters. The molecule has 4 aliphatic heterocycles. The van der Waals surface area contributed by atoms with Crippen molar-refractivity contribution in [2.75, 3.05) is 19.8 Å². The lowest BCUT2D eigenvalue weighted by molar-refractivity contribution is -0.156. The minimum atomic E-state index is -1.31. The first-order valence-electron chi connectivity index (χ1n) is 12.3. The van der Waals surface area contributed by atoms with Gasteiger partial charge in [-0.1, -0.05) is 54.6 Å². The first-order valence-corrected chi connectivity index (χ1v) is 12.3. The number of aliphatic hydroxyl groups excluding tert-OH is 1. The summed E-state index contributed by atoms with van der Waals surface area (Å²) in [5, 5.41) is 10.4. The molecular weight excluding hydrogens is 448 g/mol. The molecule has 5 rings (SSSR count). The first kappa shape index (κ1) is 23.8. The smallest absolute Gasteiger partial charge is 0.312 e. The van der Waals surface area contributed by atoms with Crippen molar-refractivity contribution in [2.24, 2.45) is 11.8 Å². The first-order chi connectivity index (χ1) is 16.9. The minimum Gasteiger partial charge on any atom is -0.465 e. The van der Waals surface area contributed by atoms with Crippen molar-refractivity contribution in [2.45, 2.75) is 56.5 Å². The molecule has 4 aliphatic rings. The van der Waals surface area contributed by atoms with Crippen molar-refractivity contribution in [1.29, 1.82) is 0 Å². The average Bonchev–Trinajstić information content (AvgIpc) is 3.21. The summed E-state index contributed by atoms with van der Waals surface area (Å²) in [6, 6.07) is 7.82. The molecule has 1 spiro atoms. The van der Waals surface area contributed by atoms with Crippen LogP contribution in [-0.4, -0.2) is 82.3 Å². The largest absolute Gasteiger partial charge is 0.465 e. The number of esters is 1. The number of ether oxygens (including phenoxy) is 2. The topological polar surface area (TPSA) is 96.4 Å². The summed E-state index contributed by atoms with van der Waals surface area (Å²) in [5.41, 5.74) is -0.375. The third kappa shape index (κ3) is 3.79. The standard InChI is InChI=1S/C27H32N2O6/c1-17(2)28-13-8-12-27-22(21-20(35-27)11-6-7-14-34-26(21)33)24(31)29(23(27)25(28)32)19(16-30)15-18-9-4-3-5-10-18/h3-6,8-12,17,19-23,30H,7,13-16H2,1-2H3/t19-,20-,21+,22+,23?,27+/m1/s1. The van der Waals surface area contributed by atoms with E-state index in [0.717, 1.165) is 5.56 Å². The van der Waals surface area contributed by atoms with Crippen LogP contribution in [0.5, 0.6) is 0 Å². The van der Waals surface area contributed by atoms with Crippen molar-refractivity contribution in [1.82, 2.24) is 9.80 Å². The zero-order valence-electron chi connectivity index (χ0n) is 20.1. The van der Waals surface area contributed by atoms with Gasteiger partial charge in [0.25, 0.3) is 0 Å². The van der Waals surface area contributed by atoms with Crippen LogP contribution in [0.3, 0.4) is 0 Å². The fraction of sp³-hybridized carbons (Fsp3) is 0.519. The van der Waals surface area contributed by atoms with Gasteiger partial charge >= 0.3 is 5.97 Å². The number of hydrogen-bond acceptors (Lipinski definition) is 6. The van der Waals surface area contributed by atoms with Gasteiger partial charge in [-0.2, -0.15) is 0 Å². The van der Waals surface area contributed by atoms with Crippen LogP contribution in [0.25, 0.3) is 0 Å². The van der Waals surface area contributed by atoms with E-state index >= 15 is 0 Å². The predicted octanol–water partition coefficient (Wildman–Crippen LogP) is 1.48. The summed E-state index contributed by atoms with van der Waals surface area (Å²) in [6.07, 6.45) is 7.67. The van der Waals surface area contributed by atoms with Gasteiger partial charge in [-0.3, -0.25) is 14.4 Å². The maximum Gasteiger partial charge on any atom is 0.312 e. The zero-order chi connectivity index (χ0) is 24.7. The lowest BCUT2D eigenvalue weighted by Crippen LogP contribution is -2.59. The van der Waals surface area contributed by atoms with E-state index in [4.69, 9.17) is 9.47 Å². The molecule has 0 aromatic heterocycles. The van der Waals surface area contributed by atoms with Crippen LogP contribution in [0.1, 0.15) is 25.8 Å². The van der Waals surface area contributed by atoms with E-state index in [2.05, 4.69) is 0 Å². The number of carbonyl (C=O) groups is 3. The van der Waals surface area contributed by atoms with Gasteiger partial charge in [0.2, 0.25) is 11.8 Å². The van der Waals surface area contributed by atoms with Crippen LogP contribution < -0.4 is 0 Å². The van der Waals surface area contributed by atoms with Crippen molar-refractivity contribution < 1.29 is 29.0 Å². The second-order valence-corrected chi connectivity index (χ2v) is 9.98. The predicted molar refractivity (Wildman–Crippen MR) is 127 cm³/mol. The van der Waals surface area contributed by atoms with Crippen LogP contribution in [0.2, 0.25) is 0 Å². The van der Waals surface area contributed by atoms with Gasteiger partial charge in [-0.05, 0) is 32.3 Å². The lowest BCUT2D eigenvalue weighted by Gasteiger charge is -2.39. The molecule has 186 valence electrons. The van der Waals surface area contributed by atoms with Crippen LogP contribution in [0.15, 0.2) is 54.6 Å². The van der Waals surface area contributed by atoms with E-state index in [1.165, 1.54) is 4.90 Å². The Hall–Kier alpha value is -2.97. The number of amides is 2. The lowest BCUT2D eigenvalue weighted by atomic mass is 9.77. The van der Waals surface area contributed by atoms with Crippen LogP contribution in [-0.2, 0) is 30.3 Å². The molecule has 2 fully saturated rings. The van der Waals surface area contributed by atoms with Crippen LogP contribution in [0.4, 0.5) is 0 Å². The second kappa shape index (κ2) is 9.24. The van der Waals surface area contributed by atoms with Crippen LogP contribution in [0, 0.1) is 11.8 Å². The van der Waals surface area contributed by atoms with Gasteiger partial charge in [0.1, 0.15) is 17.6 Å². The number of fused-ring (bicyclic) bond motifs is 2. The molecular formula is C27H32N2O6. The van der Waals surface area contributed by atoms with Gasteiger partial charge in [0.15, 0.2) is 0 Å². The Labute approximate surface area is 205 Å². The summed E-state index contributed by atoms with van der Waals surface area (Å²) < 4.78 is 12.0. The second-order valence-electron chi connectivity index (χ2n) is 9.98. The van der Waals surface area contributed by atoms with E-state index in [-0.39, 0.29) is 31.1 Å². The van der Waals surface area contributed by atoms with Gasteiger partial charge in [-0.25, -0.2) is 0 Å². The Morgan fingerprint density at radius 2 is 1.89 bits per heavy atom. The number of benzene rings is 1. The van der Waals surface area contributed by atoms with Crippen molar-refractivity contribution in [3.8, 4) is 0 Å². The Balaban J connectivity index is 1.62. The highest BCUT2D eigenvalue weighted by atomic mass is 16.6. The quantitative estimate of drug-likeness (QED) is 0.507. The molecule has 1 aromatic rings. The molecule has 8 nitrogen and oxygen atoms in total. The number of hydrogen-bond donors (Lipinski definition) is 1. The molecule has 6 atom stereocenters. The summed E-state index contributed by atoms with van der Waals surface area (Å²) in [4.78, 5) is 44.5. The SMILES string of the molecule is CC(C)N1CC=C[C@]23O[C@@H]4C=CCCOC(=O)[C@@H]4[C@H]2C(=O)N([C@@H](CO)Cc2ccccc2)C3C1=O. The number of cyclic esters (lactones) is 1. The molecule has 35 heavy (non-hydrogen) atoms. The summed E-state index contributed by atoms with van der Waals surface area (Å²) in [7, 11) is 0. The molecule has 0 radical (unpaired) electrons. The highest BCUT2D eigenvalue weighted by molar-refractivity contribution is 5.99. The van der Waals surface area contributed by atoms with Gasteiger partial charge in [0, 0.05) is 12.6 Å². The summed E-state index contributed by atoms with van der Waals surface area (Å²) in [6.45, 7) is 4.16. The van der Waals surface area contributed by atoms with E-state index in [0.29, 0.717) is 19.4 Å². The van der Waals surface area contributed by atoms with Gasteiger partial charge < -0.3 is 24.4 Å².